The van der Waals surface area contributed by atoms with Crippen molar-refractivity contribution in [3.05, 3.63) is 157 Å². The average molecular weight is 563 g/mol. The predicted molar refractivity (Wildman–Crippen MR) is 191 cm³/mol. The summed E-state index contributed by atoms with van der Waals surface area (Å²) < 4.78 is 0. The summed E-state index contributed by atoms with van der Waals surface area (Å²) in [5.41, 5.74) is 9.05. The molecule has 0 aliphatic carbocycles. The molecule has 0 radical (unpaired) electrons. The van der Waals surface area contributed by atoms with Crippen LogP contribution in [0.25, 0.3) is 76.5 Å². The first kappa shape index (κ1) is 26.4. The zero-order valence-electron chi connectivity index (χ0n) is 25.4. The lowest BCUT2D eigenvalue weighted by Gasteiger charge is -2.23. The maximum absolute atomic E-state index is 2.42. The average Bonchev–Trinajstić information content (AvgIpc) is 3.06. The van der Waals surface area contributed by atoms with Crippen LogP contribution in [-0.4, -0.2) is 0 Å². The van der Waals surface area contributed by atoms with E-state index in [1.54, 1.807) is 0 Å². The molecule has 0 saturated heterocycles. The number of hydrogen-bond donors (Lipinski definition) is 0. The number of fused-ring (bicyclic) bond motifs is 4. The van der Waals surface area contributed by atoms with E-state index >= 15 is 0 Å². The molecular formula is C44H34. The summed E-state index contributed by atoms with van der Waals surface area (Å²) >= 11 is 0. The van der Waals surface area contributed by atoms with Crippen LogP contribution in [0.5, 0.6) is 0 Å². The van der Waals surface area contributed by atoms with Gasteiger partial charge in [0.25, 0.3) is 0 Å². The van der Waals surface area contributed by atoms with E-state index in [1.165, 1.54) is 82.0 Å². The maximum Gasteiger partial charge on any atom is -0.00197 e. The third-order valence-corrected chi connectivity index (χ3v) is 9.17. The largest absolute Gasteiger partial charge is 0.0622 e. The summed E-state index contributed by atoms with van der Waals surface area (Å²) in [5.74, 6) is 0. The lowest BCUT2D eigenvalue weighted by atomic mass is 9.80. The molecule has 0 aliphatic heterocycles. The molecule has 0 bridgehead atoms. The summed E-state index contributed by atoms with van der Waals surface area (Å²) in [5, 5.41) is 10.2. The van der Waals surface area contributed by atoms with Crippen molar-refractivity contribution in [2.24, 2.45) is 0 Å². The summed E-state index contributed by atoms with van der Waals surface area (Å²) in [6.45, 7) is 6.89. The van der Waals surface area contributed by atoms with Crippen LogP contribution < -0.4 is 0 Å². The first-order valence-corrected chi connectivity index (χ1v) is 15.5. The van der Waals surface area contributed by atoms with Gasteiger partial charge in [0.2, 0.25) is 0 Å². The second kappa shape index (κ2) is 10.2. The van der Waals surface area contributed by atoms with Crippen molar-refractivity contribution in [2.75, 3.05) is 0 Å². The van der Waals surface area contributed by atoms with E-state index in [0.717, 1.165) is 0 Å². The van der Waals surface area contributed by atoms with Gasteiger partial charge in [0, 0.05) is 0 Å². The summed E-state index contributed by atoms with van der Waals surface area (Å²) in [4.78, 5) is 0. The zero-order valence-corrected chi connectivity index (χ0v) is 25.4. The second-order valence-electron chi connectivity index (χ2n) is 12.9. The van der Waals surface area contributed by atoms with Gasteiger partial charge >= 0.3 is 0 Å². The normalized spacial score (nSPS) is 12.0. The van der Waals surface area contributed by atoms with Gasteiger partial charge in [-0.3, -0.25) is 0 Å². The van der Waals surface area contributed by atoms with Crippen molar-refractivity contribution in [2.45, 2.75) is 26.2 Å². The molecule has 0 aromatic heterocycles. The van der Waals surface area contributed by atoms with Crippen LogP contribution in [0.4, 0.5) is 0 Å². The molecule has 44 heavy (non-hydrogen) atoms. The lowest BCUT2D eigenvalue weighted by molar-refractivity contribution is 0.590. The minimum atomic E-state index is 0.0595. The Balaban J connectivity index is 1.58. The Bertz CT molecular complexity index is 2350. The fourth-order valence-corrected chi connectivity index (χ4v) is 7.00. The first-order chi connectivity index (χ1) is 21.5. The van der Waals surface area contributed by atoms with Crippen molar-refractivity contribution in [1.82, 2.24) is 0 Å². The van der Waals surface area contributed by atoms with Gasteiger partial charge in [-0.1, -0.05) is 160 Å². The highest BCUT2D eigenvalue weighted by Gasteiger charge is 2.22. The Morgan fingerprint density at radius 1 is 0.341 bits per heavy atom. The minimum absolute atomic E-state index is 0.0595. The molecule has 0 amide bonds. The van der Waals surface area contributed by atoms with Gasteiger partial charge in [0.05, 0.1) is 0 Å². The van der Waals surface area contributed by atoms with E-state index < -0.39 is 0 Å². The quantitative estimate of drug-likeness (QED) is 0.188. The molecule has 210 valence electrons. The highest BCUT2D eigenvalue weighted by atomic mass is 14.2. The van der Waals surface area contributed by atoms with Crippen LogP contribution in [-0.2, 0) is 5.41 Å². The highest BCUT2D eigenvalue weighted by molar-refractivity contribution is 6.25. The van der Waals surface area contributed by atoms with Gasteiger partial charge in [-0.05, 0) is 99.6 Å². The van der Waals surface area contributed by atoms with Crippen molar-refractivity contribution in [3.63, 3.8) is 0 Å². The van der Waals surface area contributed by atoms with Crippen molar-refractivity contribution < 1.29 is 0 Å². The molecule has 0 fully saturated rings. The van der Waals surface area contributed by atoms with Gasteiger partial charge in [-0.15, -0.1) is 0 Å². The Morgan fingerprint density at radius 3 is 1.57 bits per heavy atom. The molecule has 0 nitrogen and oxygen atoms in total. The van der Waals surface area contributed by atoms with E-state index in [9.17, 15) is 0 Å². The first-order valence-electron chi connectivity index (χ1n) is 15.5. The Morgan fingerprint density at radius 2 is 0.886 bits per heavy atom. The summed E-state index contributed by atoms with van der Waals surface area (Å²) in [6.07, 6.45) is 0. The third kappa shape index (κ3) is 4.29. The van der Waals surface area contributed by atoms with E-state index in [0.29, 0.717) is 0 Å². The summed E-state index contributed by atoms with van der Waals surface area (Å²) in [6, 6.07) is 56.1. The minimum Gasteiger partial charge on any atom is -0.0622 e. The number of rotatable bonds is 3. The molecule has 0 atom stereocenters. The fraction of sp³-hybridized carbons (Fsp3) is 0.0909. The molecule has 8 aromatic carbocycles. The molecule has 8 aromatic rings. The molecule has 0 unspecified atom stereocenters. The molecular weight excluding hydrogens is 528 g/mol. The van der Waals surface area contributed by atoms with Crippen LogP contribution in [0, 0.1) is 0 Å². The highest BCUT2D eigenvalue weighted by Crippen LogP contribution is 2.48. The predicted octanol–water partition coefficient (Wildman–Crippen LogP) is 12.6. The van der Waals surface area contributed by atoms with Crippen LogP contribution in [0.2, 0.25) is 0 Å². The van der Waals surface area contributed by atoms with E-state index in [1.807, 2.05) is 0 Å². The lowest BCUT2D eigenvalue weighted by Crippen LogP contribution is -2.10. The van der Waals surface area contributed by atoms with Gasteiger partial charge in [-0.2, -0.15) is 0 Å². The van der Waals surface area contributed by atoms with Crippen molar-refractivity contribution in [3.8, 4) is 33.4 Å². The van der Waals surface area contributed by atoms with E-state index in [4.69, 9.17) is 0 Å². The molecule has 0 aliphatic rings. The standard InChI is InChI=1S/C44H34/c1-44(2,3)34-20-13-19-33(26-34)42-36-22-11-12-23-37(36)43(40-28-32-18-8-7-17-31(32)27-39(40)42)38-25-24-29-14-9-10-21-35(29)41(38)30-15-5-4-6-16-30/h4-28H,1-3H3. The topological polar surface area (TPSA) is 0 Å². The van der Waals surface area contributed by atoms with Crippen molar-refractivity contribution >= 4 is 43.1 Å². The van der Waals surface area contributed by atoms with Gasteiger partial charge in [0.1, 0.15) is 0 Å². The number of benzene rings is 8. The summed E-state index contributed by atoms with van der Waals surface area (Å²) in [7, 11) is 0. The second-order valence-corrected chi connectivity index (χ2v) is 12.9. The molecule has 0 spiro atoms. The molecule has 0 heterocycles. The Kier molecular flexibility index (Phi) is 6.13. The Labute approximate surface area is 259 Å². The fourth-order valence-electron chi connectivity index (χ4n) is 7.00. The molecule has 0 saturated carbocycles. The third-order valence-electron chi connectivity index (χ3n) is 9.17. The van der Waals surface area contributed by atoms with Gasteiger partial charge in [-0.25, -0.2) is 0 Å². The van der Waals surface area contributed by atoms with E-state index in [2.05, 4.69) is 172 Å². The monoisotopic (exact) mass is 562 g/mol. The van der Waals surface area contributed by atoms with Gasteiger partial charge in [0.15, 0.2) is 0 Å². The smallest absolute Gasteiger partial charge is 0.00197 e. The zero-order chi connectivity index (χ0) is 29.8. The molecule has 0 N–H and O–H groups in total. The molecule has 0 heteroatoms. The van der Waals surface area contributed by atoms with Crippen LogP contribution in [0.15, 0.2) is 152 Å². The van der Waals surface area contributed by atoms with Crippen molar-refractivity contribution in [1.29, 1.82) is 0 Å². The van der Waals surface area contributed by atoms with E-state index in [-0.39, 0.29) is 5.41 Å². The van der Waals surface area contributed by atoms with Gasteiger partial charge < -0.3 is 0 Å². The van der Waals surface area contributed by atoms with Crippen LogP contribution in [0.3, 0.4) is 0 Å². The van der Waals surface area contributed by atoms with Crippen LogP contribution in [0.1, 0.15) is 26.3 Å². The maximum atomic E-state index is 2.42. The Hall–Kier alpha value is -5.20. The number of hydrogen-bond acceptors (Lipinski definition) is 0. The SMILES string of the molecule is CC(C)(C)c1cccc(-c2c3ccccc3c(-c3ccc4ccccc4c3-c3ccccc3)c3cc4ccccc4cc23)c1. The molecule has 8 rings (SSSR count). The van der Waals surface area contributed by atoms with Crippen LogP contribution >= 0.6 is 0 Å².